The number of aromatic nitrogens is 5. The van der Waals surface area contributed by atoms with Crippen LogP contribution in [0.2, 0.25) is 0 Å². The van der Waals surface area contributed by atoms with Crippen LogP contribution in [-0.2, 0) is 21.2 Å². The molecular formula is C35H41N9O4. The molecule has 3 aromatic heterocycles. The number of fused-ring (bicyclic) bond motifs is 2. The van der Waals surface area contributed by atoms with Crippen molar-refractivity contribution in [2.45, 2.75) is 63.0 Å². The number of ether oxygens (including phenoxy) is 1. The Morgan fingerprint density at radius 2 is 1.88 bits per heavy atom. The third-order valence-electron chi connectivity index (χ3n) is 8.72. The molecule has 250 valence electrons. The van der Waals surface area contributed by atoms with Crippen molar-refractivity contribution >= 4 is 29.7 Å². The first kappa shape index (κ1) is 32.8. The van der Waals surface area contributed by atoms with Crippen LogP contribution in [0.1, 0.15) is 79.9 Å². The molecule has 3 amide bonds. The van der Waals surface area contributed by atoms with E-state index in [2.05, 4.69) is 43.0 Å². The molecule has 1 saturated carbocycles. The van der Waals surface area contributed by atoms with Crippen molar-refractivity contribution in [1.82, 2.24) is 40.1 Å². The molecule has 13 heteroatoms. The van der Waals surface area contributed by atoms with Crippen molar-refractivity contribution < 1.29 is 19.1 Å². The first-order valence-corrected chi connectivity index (χ1v) is 16.0. The van der Waals surface area contributed by atoms with Gasteiger partial charge in [-0.2, -0.15) is 0 Å². The lowest BCUT2D eigenvalue weighted by Crippen LogP contribution is -2.49. The number of carbonyl (C=O) groups is 3. The summed E-state index contributed by atoms with van der Waals surface area (Å²) < 4.78 is 8.41. The average Bonchev–Trinajstić information content (AvgIpc) is 3.64. The highest BCUT2D eigenvalue weighted by Gasteiger charge is 2.43. The molecule has 0 bridgehead atoms. The number of likely N-dealkylation sites (N-methyl/N-ethyl adjacent to an activating group) is 1. The summed E-state index contributed by atoms with van der Waals surface area (Å²) >= 11 is 0. The number of urea groups is 1. The predicted molar refractivity (Wildman–Crippen MR) is 180 cm³/mol. The highest BCUT2D eigenvalue weighted by Crippen LogP contribution is 2.47. The van der Waals surface area contributed by atoms with Gasteiger partial charge in [0.25, 0.3) is 5.91 Å². The highest BCUT2D eigenvalue weighted by atomic mass is 16.5. The van der Waals surface area contributed by atoms with Gasteiger partial charge in [0.2, 0.25) is 5.82 Å². The van der Waals surface area contributed by atoms with Crippen LogP contribution in [0.15, 0.2) is 60.8 Å². The normalized spacial score (nSPS) is 19.4. The van der Waals surface area contributed by atoms with Crippen LogP contribution in [0.3, 0.4) is 0 Å². The molecule has 3 N–H and O–H groups in total. The second-order valence-electron chi connectivity index (χ2n) is 14.0. The van der Waals surface area contributed by atoms with Crippen LogP contribution in [-0.4, -0.2) is 74.9 Å². The van der Waals surface area contributed by atoms with Gasteiger partial charge in [-0.15, -0.1) is 10.2 Å². The molecule has 0 spiro atoms. The van der Waals surface area contributed by atoms with Crippen LogP contribution in [0.4, 0.5) is 10.6 Å². The zero-order chi connectivity index (χ0) is 34.3. The van der Waals surface area contributed by atoms with E-state index in [-0.39, 0.29) is 17.1 Å². The van der Waals surface area contributed by atoms with E-state index in [1.807, 2.05) is 74.6 Å². The zero-order valence-corrected chi connectivity index (χ0v) is 28.1. The van der Waals surface area contributed by atoms with E-state index in [0.717, 1.165) is 29.9 Å². The quantitative estimate of drug-likeness (QED) is 0.170. The van der Waals surface area contributed by atoms with E-state index in [4.69, 9.17) is 4.74 Å². The fourth-order valence-corrected chi connectivity index (χ4v) is 5.61. The van der Waals surface area contributed by atoms with Gasteiger partial charge < -0.3 is 20.3 Å². The van der Waals surface area contributed by atoms with Gasteiger partial charge in [-0.05, 0) is 56.8 Å². The number of hydrogen-bond donors (Lipinski definition) is 3. The maximum absolute atomic E-state index is 13.5. The summed E-state index contributed by atoms with van der Waals surface area (Å²) in [5.41, 5.74) is 0.702. The summed E-state index contributed by atoms with van der Waals surface area (Å²) in [4.78, 5) is 49.9. The first-order chi connectivity index (χ1) is 22.8. The molecule has 1 aromatic carbocycles. The number of aldehydes is 1. The number of carbonyl (C=O) groups excluding carboxylic acids is 3. The topological polar surface area (TPSA) is 156 Å². The Hall–Kier alpha value is -5.17. The smallest absolute Gasteiger partial charge is 0.321 e. The highest BCUT2D eigenvalue weighted by molar-refractivity contribution is 5.94. The monoisotopic (exact) mass is 651 g/mol. The Morgan fingerprint density at radius 1 is 1.10 bits per heavy atom. The summed E-state index contributed by atoms with van der Waals surface area (Å²) in [5.74, 6) is 1.14. The lowest BCUT2D eigenvalue weighted by molar-refractivity contribution is -0.111. The van der Waals surface area contributed by atoms with Crippen LogP contribution in [0.5, 0.6) is 5.75 Å². The van der Waals surface area contributed by atoms with Gasteiger partial charge in [0.1, 0.15) is 29.0 Å². The molecule has 0 unspecified atom stereocenters. The molecule has 13 nitrogen and oxygen atoms in total. The molecule has 2 aliphatic rings. The summed E-state index contributed by atoms with van der Waals surface area (Å²) in [6.07, 6.45) is 7.57. The summed E-state index contributed by atoms with van der Waals surface area (Å²) in [6, 6.07) is 12.0. The van der Waals surface area contributed by atoms with Gasteiger partial charge in [0, 0.05) is 35.5 Å². The second kappa shape index (κ2) is 12.5. The summed E-state index contributed by atoms with van der Waals surface area (Å²) in [7, 11) is 3.82. The molecule has 2 atom stereocenters. The summed E-state index contributed by atoms with van der Waals surface area (Å²) in [5, 5.41) is 17.1. The maximum Gasteiger partial charge on any atom is 0.321 e. The standard InChI is InChI=1S/C35H41N9O4/c1-33(2,3)26-19-27(38-29(37-26)30(46)36-17-18-43(5)6)39-32(47)40-35(21-45)14-13-25(23-9-7-8-10-24(23)35)48-22-11-12-28-41-42-31(44(28)20-22)34(4)15-16-34/h7-14,19-21,25H,15-18H2,1-6H3,(H,36,46)(H2,37,38,39,40,47)/t25-,35-/m1/s1. The Bertz CT molecular complexity index is 1910. The number of pyridine rings is 1. The largest absolute Gasteiger partial charge is 0.480 e. The van der Waals surface area contributed by atoms with Crippen molar-refractivity contribution in [2.24, 2.45) is 0 Å². The van der Waals surface area contributed by atoms with E-state index >= 15 is 0 Å². The number of amides is 3. The minimum Gasteiger partial charge on any atom is -0.480 e. The van der Waals surface area contributed by atoms with Gasteiger partial charge in [-0.1, -0.05) is 52.0 Å². The minimum atomic E-state index is -1.49. The van der Waals surface area contributed by atoms with Gasteiger partial charge in [-0.3, -0.25) is 19.3 Å². The molecular weight excluding hydrogens is 610 g/mol. The SMILES string of the molecule is CN(C)CCNC(=O)c1nc(NC(=O)N[C@@]2(C=O)C=C[C@@H](Oc3ccc4nnc(C5(C)CC5)n4c3)c3ccccc32)cc(C(C)(C)C)n1. The van der Waals surface area contributed by atoms with E-state index < -0.39 is 29.0 Å². The molecule has 0 radical (unpaired) electrons. The van der Waals surface area contributed by atoms with Crippen molar-refractivity contribution in [1.29, 1.82) is 0 Å². The third-order valence-corrected chi connectivity index (χ3v) is 8.72. The van der Waals surface area contributed by atoms with Crippen molar-refractivity contribution in [3.63, 3.8) is 0 Å². The number of hydrogen-bond acceptors (Lipinski definition) is 9. The molecule has 0 saturated heterocycles. The van der Waals surface area contributed by atoms with E-state index in [9.17, 15) is 14.4 Å². The third kappa shape index (κ3) is 6.63. The van der Waals surface area contributed by atoms with Crippen molar-refractivity contribution in [3.8, 4) is 5.75 Å². The van der Waals surface area contributed by atoms with Gasteiger partial charge >= 0.3 is 6.03 Å². The van der Waals surface area contributed by atoms with Crippen LogP contribution >= 0.6 is 0 Å². The second-order valence-corrected chi connectivity index (χ2v) is 14.0. The first-order valence-electron chi connectivity index (χ1n) is 16.0. The lowest BCUT2D eigenvalue weighted by atomic mass is 9.81. The minimum absolute atomic E-state index is 0.0190. The van der Waals surface area contributed by atoms with E-state index in [0.29, 0.717) is 36.4 Å². The number of nitrogens with one attached hydrogen (secondary N) is 3. The van der Waals surface area contributed by atoms with Gasteiger partial charge in [-0.25, -0.2) is 14.8 Å². The molecule has 2 aliphatic carbocycles. The molecule has 3 heterocycles. The maximum atomic E-state index is 13.5. The number of nitrogens with zero attached hydrogens (tertiary/aromatic N) is 6. The molecule has 48 heavy (non-hydrogen) atoms. The van der Waals surface area contributed by atoms with Gasteiger partial charge in [0.05, 0.1) is 11.9 Å². The molecule has 4 aromatic rings. The Balaban J connectivity index is 1.23. The van der Waals surface area contributed by atoms with Crippen LogP contribution in [0, 0.1) is 0 Å². The Kier molecular flexibility index (Phi) is 8.50. The lowest BCUT2D eigenvalue weighted by Gasteiger charge is -2.34. The van der Waals surface area contributed by atoms with E-state index in [1.165, 1.54) is 0 Å². The molecule has 6 rings (SSSR count). The predicted octanol–water partition coefficient (Wildman–Crippen LogP) is 4.07. The van der Waals surface area contributed by atoms with Crippen molar-refractivity contribution in [2.75, 3.05) is 32.5 Å². The Morgan fingerprint density at radius 3 is 2.58 bits per heavy atom. The number of benzene rings is 1. The van der Waals surface area contributed by atoms with Crippen LogP contribution in [0.25, 0.3) is 5.65 Å². The van der Waals surface area contributed by atoms with Crippen molar-refractivity contribution in [3.05, 3.63) is 89.3 Å². The number of rotatable bonds is 10. The summed E-state index contributed by atoms with van der Waals surface area (Å²) in [6.45, 7) is 9.08. The fraction of sp³-hybridized carbons (Fsp3) is 0.400. The zero-order valence-electron chi connectivity index (χ0n) is 28.1. The average molecular weight is 652 g/mol. The number of anilines is 1. The fourth-order valence-electron chi connectivity index (χ4n) is 5.61. The van der Waals surface area contributed by atoms with Gasteiger partial charge in [0.15, 0.2) is 11.9 Å². The molecule has 1 fully saturated rings. The van der Waals surface area contributed by atoms with Crippen LogP contribution < -0.4 is 20.7 Å². The Labute approximate surface area is 279 Å². The molecule has 0 aliphatic heterocycles. The van der Waals surface area contributed by atoms with E-state index in [1.54, 1.807) is 30.4 Å².